The largest absolute Gasteiger partial charge is 0.497 e. The Morgan fingerprint density at radius 1 is 1.31 bits per heavy atom. The number of benzene rings is 2. The average molecular weight is 415 g/mol. The zero-order valence-electron chi connectivity index (χ0n) is 15.2. The van der Waals surface area contributed by atoms with Gasteiger partial charge in [-0.15, -0.1) is 0 Å². The number of rotatable bonds is 7. The molecule has 3 rings (SSSR count). The van der Waals surface area contributed by atoms with Crippen LogP contribution in [-0.2, 0) is 4.79 Å². The van der Waals surface area contributed by atoms with E-state index in [-0.39, 0.29) is 16.6 Å². The van der Waals surface area contributed by atoms with Crippen molar-refractivity contribution in [2.75, 3.05) is 13.7 Å². The molecule has 0 aliphatic heterocycles. The molecular weight excluding hydrogens is 400 g/mol. The maximum atomic E-state index is 11.9. The summed E-state index contributed by atoms with van der Waals surface area (Å²) in [5.74, 6) is 0.0725. The van der Waals surface area contributed by atoms with Crippen molar-refractivity contribution in [3.05, 3.63) is 69.4 Å². The van der Waals surface area contributed by atoms with Crippen LogP contribution in [0.25, 0.3) is 10.9 Å². The normalized spacial score (nSPS) is 10.8. The van der Waals surface area contributed by atoms with Crippen LogP contribution in [0.2, 0.25) is 5.15 Å². The molecule has 10 heteroatoms. The first-order valence-corrected chi connectivity index (χ1v) is 8.68. The summed E-state index contributed by atoms with van der Waals surface area (Å²) < 4.78 is 10.4. The van der Waals surface area contributed by atoms with Gasteiger partial charge in [0.15, 0.2) is 12.4 Å². The first-order valence-electron chi connectivity index (χ1n) is 8.30. The van der Waals surface area contributed by atoms with Crippen molar-refractivity contribution in [3.8, 4) is 11.5 Å². The predicted molar refractivity (Wildman–Crippen MR) is 108 cm³/mol. The Hall–Kier alpha value is -3.72. The van der Waals surface area contributed by atoms with Crippen LogP contribution in [0.4, 0.5) is 5.69 Å². The van der Waals surface area contributed by atoms with Crippen molar-refractivity contribution in [2.24, 2.45) is 5.10 Å². The molecule has 2 aromatic carbocycles. The van der Waals surface area contributed by atoms with Crippen LogP contribution < -0.4 is 14.9 Å². The number of nitro benzene ring substituents is 1. The van der Waals surface area contributed by atoms with Gasteiger partial charge in [0.25, 0.3) is 5.91 Å². The molecule has 148 valence electrons. The first-order chi connectivity index (χ1) is 14.0. The van der Waals surface area contributed by atoms with E-state index < -0.39 is 17.4 Å². The Labute approximate surface area is 170 Å². The van der Waals surface area contributed by atoms with E-state index in [4.69, 9.17) is 21.1 Å². The number of nitrogens with zero attached hydrogens (tertiary/aromatic N) is 3. The summed E-state index contributed by atoms with van der Waals surface area (Å²) in [5.41, 5.74) is 3.23. The fraction of sp³-hybridized carbons (Fsp3) is 0.105. The number of nitrogens with one attached hydrogen (secondary N) is 1. The number of carbonyl (C=O) groups is 1. The first kappa shape index (κ1) is 20.0. The molecule has 29 heavy (non-hydrogen) atoms. The predicted octanol–water partition coefficient (Wildman–Crippen LogP) is 3.33. The summed E-state index contributed by atoms with van der Waals surface area (Å²) in [6.07, 6.45) is 1.34. The lowest BCUT2D eigenvalue weighted by atomic mass is 10.1. The molecule has 0 radical (unpaired) electrons. The summed E-state index contributed by atoms with van der Waals surface area (Å²) in [4.78, 5) is 26.5. The second-order valence-corrected chi connectivity index (χ2v) is 6.09. The number of amides is 1. The number of fused-ring (bicyclic) bond motifs is 1. The highest BCUT2D eigenvalue weighted by Gasteiger charge is 2.14. The minimum absolute atomic E-state index is 0.00708. The van der Waals surface area contributed by atoms with E-state index in [1.807, 2.05) is 0 Å². The van der Waals surface area contributed by atoms with E-state index in [0.717, 1.165) is 5.39 Å². The minimum atomic E-state index is -0.592. The molecule has 0 aliphatic carbocycles. The number of pyridine rings is 1. The van der Waals surface area contributed by atoms with Gasteiger partial charge in [-0.1, -0.05) is 23.7 Å². The van der Waals surface area contributed by atoms with Crippen LogP contribution in [0.15, 0.2) is 53.6 Å². The van der Waals surface area contributed by atoms with Gasteiger partial charge in [-0.05, 0) is 30.3 Å². The van der Waals surface area contributed by atoms with Crippen LogP contribution in [0, 0.1) is 10.1 Å². The maximum absolute atomic E-state index is 11.9. The van der Waals surface area contributed by atoms with Gasteiger partial charge in [0, 0.05) is 17.0 Å². The molecule has 0 saturated carbocycles. The Bertz CT molecular complexity index is 1100. The Balaban J connectivity index is 1.64. The topological polar surface area (TPSA) is 116 Å². The van der Waals surface area contributed by atoms with Gasteiger partial charge in [-0.3, -0.25) is 14.9 Å². The summed E-state index contributed by atoms with van der Waals surface area (Å²) in [6, 6.07) is 12.9. The van der Waals surface area contributed by atoms with E-state index >= 15 is 0 Å². The molecular formula is C19H15ClN4O5. The number of aromatic nitrogens is 1. The third-order valence-corrected chi connectivity index (χ3v) is 4.12. The molecule has 1 aromatic heterocycles. The number of hydrogen-bond acceptors (Lipinski definition) is 7. The van der Waals surface area contributed by atoms with Gasteiger partial charge in [-0.25, -0.2) is 10.4 Å². The van der Waals surface area contributed by atoms with Gasteiger partial charge >= 0.3 is 5.69 Å². The van der Waals surface area contributed by atoms with Crippen LogP contribution in [0.3, 0.4) is 0 Å². The SMILES string of the molecule is COc1ccc2nc(Cl)c(/C=N\NC(=O)COc3ccccc3[N+](=O)[O-])cc2c1. The zero-order valence-corrected chi connectivity index (χ0v) is 15.9. The van der Waals surface area contributed by atoms with Gasteiger partial charge in [0.1, 0.15) is 10.9 Å². The fourth-order valence-corrected chi connectivity index (χ4v) is 2.64. The lowest BCUT2D eigenvalue weighted by Crippen LogP contribution is -2.24. The van der Waals surface area contributed by atoms with Crippen LogP contribution in [0.5, 0.6) is 11.5 Å². The van der Waals surface area contributed by atoms with Gasteiger partial charge in [0.05, 0.1) is 23.8 Å². The van der Waals surface area contributed by atoms with E-state index in [0.29, 0.717) is 16.8 Å². The highest BCUT2D eigenvalue weighted by molar-refractivity contribution is 6.32. The number of ether oxygens (including phenoxy) is 2. The molecule has 9 nitrogen and oxygen atoms in total. The second kappa shape index (κ2) is 8.98. The highest BCUT2D eigenvalue weighted by Crippen LogP contribution is 2.25. The van der Waals surface area contributed by atoms with Gasteiger partial charge in [-0.2, -0.15) is 5.10 Å². The quantitative estimate of drug-likeness (QED) is 0.274. The van der Waals surface area contributed by atoms with E-state index in [2.05, 4.69) is 15.5 Å². The smallest absolute Gasteiger partial charge is 0.310 e. The highest BCUT2D eigenvalue weighted by atomic mass is 35.5. The minimum Gasteiger partial charge on any atom is -0.497 e. The molecule has 0 unspecified atom stereocenters. The van der Waals surface area contributed by atoms with E-state index in [1.54, 1.807) is 37.4 Å². The lowest BCUT2D eigenvalue weighted by molar-refractivity contribution is -0.385. The number of carbonyl (C=O) groups excluding carboxylic acids is 1. The third kappa shape index (κ3) is 4.96. The Morgan fingerprint density at radius 3 is 2.86 bits per heavy atom. The standard InChI is InChI=1S/C19H15ClN4O5/c1-28-14-6-7-15-12(9-14)8-13(19(20)22-15)10-21-23-18(25)11-29-17-5-3-2-4-16(17)24(26)27/h2-10H,11H2,1H3,(H,23,25)/b21-10-. The number of methoxy groups -OCH3 is 1. The van der Waals surface area contributed by atoms with Crippen LogP contribution >= 0.6 is 11.6 Å². The number of hydrogen-bond donors (Lipinski definition) is 1. The molecule has 1 amide bonds. The molecule has 1 N–H and O–H groups in total. The van der Waals surface area contributed by atoms with Crippen molar-refractivity contribution in [2.45, 2.75) is 0 Å². The Morgan fingerprint density at radius 2 is 2.10 bits per heavy atom. The van der Waals surface area contributed by atoms with Crippen molar-refractivity contribution < 1.29 is 19.2 Å². The van der Waals surface area contributed by atoms with Crippen molar-refractivity contribution in [3.63, 3.8) is 0 Å². The maximum Gasteiger partial charge on any atom is 0.310 e. The van der Waals surface area contributed by atoms with Gasteiger partial charge < -0.3 is 9.47 Å². The molecule has 3 aromatic rings. The molecule has 0 aliphatic rings. The van der Waals surface area contributed by atoms with Crippen molar-refractivity contribution >= 4 is 40.3 Å². The van der Waals surface area contributed by atoms with Gasteiger partial charge in [0.2, 0.25) is 0 Å². The van der Waals surface area contributed by atoms with Crippen molar-refractivity contribution in [1.29, 1.82) is 0 Å². The molecule has 0 atom stereocenters. The van der Waals surface area contributed by atoms with E-state index in [1.165, 1.54) is 24.4 Å². The molecule has 0 saturated heterocycles. The monoisotopic (exact) mass is 414 g/mol. The summed E-state index contributed by atoms with van der Waals surface area (Å²) >= 11 is 6.15. The average Bonchev–Trinajstić information content (AvgIpc) is 2.72. The Kier molecular flexibility index (Phi) is 6.20. The summed E-state index contributed by atoms with van der Waals surface area (Å²) in [7, 11) is 1.56. The van der Waals surface area contributed by atoms with E-state index in [9.17, 15) is 14.9 Å². The number of halogens is 1. The summed E-state index contributed by atoms with van der Waals surface area (Å²) in [6.45, 7) is -0.441. The number of nitro groups is 1. The van der Waals surface area contributed by atoms with Crippen LogP contribution in [0.1, 0.15) is 5.56 Å². The molecule has 1 heterocycles. The van der Waals surface area contributed by atoms with Crippen LogP contribution in [-0.4, -0.2) is 35.7 Å². The fourth-order valence-electron chi connectivity index (χ4n) is 2.44. The molecule has 0 spiro atoms. The zero-order chi connectivity index (χ0) is 20.8. The number of hydrazone groups is 1. The lowest BCUT2D eigenvalue weighted by Gasteiger charge is -2.06. The second-order valence-electron chi connectivity index (χ2n) is 5.73. The molecule has 0 bridgehead atoms. The summed E-state index contributed by atoms with van der Waals surface area (Å²) in [5, 5.41) is 15.8. The number of para-hydroxylation sites is 2. The molecule has 0 fully saturated rings. The third-order valence-electron chi connectivity index (χ3n) is 3.82. The van der Waals surface area contributed by atoms with Crippen molar-refractivity contribution in [1.82, 2.24) is 10.4 Å².